The third kappa shape index (κ3) is 2.76. The maximum atomic E-state index is 12.6. The molecule has 0 N–H and O–H groups in total. The summed E-state index contributed by atoms with van der Waals surface area (Å²) >= 11 is 10.2. The molecule has 2 aromatic rings. The summed E-state index contributed by atoms with van der Waals surface area (Å²) in [7, 11) is 3.02. The molecule has 2 rings (SSSR count). The molecule has 0 aliphatic carbocycles. The average Bonchev–Trinajstić information content (AvgIpc) is 2.48. The third-order valence-corrected chi connectivity index (χ3v) is 3.48. The van der Waals surface area contributed by atoms with E-state index in [-0.39, 0.29) is 5.78 Å². The molecule has 0 saturated heterocycles. The van der Waals surface area contributed by atoms with Crippen LogP contribution >= 0.6 is 24.2 Å². The molecule has 0 spiro atoms. The second-order valence-corrected chi connectivity index (χ2v) is 4.95. The van der Waals surface area contributed by atoms with E-state index < -0.39 is 0 Å². The number of methoxy groups -OCH3 is 2. The van der Waals surface area contributed by atoms with Crippen LogP contribution < -0.4 is 9.47 Å². The van der Waals surface area contributed by atoms with Gasteiger partial charge in [0.25, 0.3) is 0 Å². The Kier molecular flexibility index (Phi) is 4.57. The van der Waals surface area contributed by atoms with Crippen LogP contribution in [-0.4, -0.2) is 20.0 Å². The van der Waals surface area contributed by atoms with Gasteiger partial charge in [0.15, 0.2) is 17.3 Å². The minimum absolute atomic E-state index is 0.215. The van der Waals surface area contributed by atoms with Crippen molar-refractivity contribution >= 4 is 30.0 Å². The first-order chi connectivity index (χ1) is 9.58. The van der Waals surface area contributed by atoms with Crippen LogP contribution in [0.1, 0.15) is 15.9 Å². The number of carbonyl (C=O) groups excluding carboxylic acids is 1. The van der Waals surface area contributed by atoms with E-state index in [2.05, 4.69) is 12.6 Å². The van der Waals surface area contributed by atoms with Gasteiger partial charge in [0.1, 0.15) is 0 Å². The topological polar surface area (TPSA) is 35.5 Å². The lowest BCUT2D eigenvalue weighted by Gasteiger charge is -2.12. The molecule has 0 saturated carbocycles. The number of ketones is 1. The van der Waals surface area contributed by atoms with Gasteiger partial charge in [0, 0.05) is 15.5 Å². The van der Waals surface area contributed by atoms with E-state index in [0.717, 1.165) is 0 Å². The van der Waals surface area contributed by atoms with Crippen LogP contribution in [-0.2, 0) is 0 Å². The highest BCUT2D eigenvalue weighted by molar-refractivity contribution is 7.80. The number of hydrogen-bond acceptors (Lipinski definition) is 4. The second-order valence-electron chi connectivity index (χ2n) is 4.03. The average molecular weight is 309 g/mol. The number of halogens is 1. The van der Waals surface area contributed by atoms with Gasteiger partial charge >= 0.3 is 0 Å². The van der Waals surface area contributed by atoms with Crippen molar-refractivity contribution in [2.45, 2.75) is 4.90 Å². The zero-order valence-electron chi connectivity index (χ0n) is 11.0. The van der Waals surface area contributed by atoms with E-state index >= 15 is 0 Å². The lowest BCUT2D eigenvalue weighted by atomic mass is 10.0. The zero-order chi connectivity index (χ0) is 14.7. The number of benzene rings is 2. The van der Waals surface area contributed by atoms with Gasteiger partial charge in [0.2, 0.25) is 0 Å². The highest BCUT2D eigenvalue weighted by Crippen LogP contribution is 2.33. The van der Waals surface area contributed by atoms with Gasteiger partial charge in [-0.05, 0) is 30.3 Å². The van der Waals surface area contributed by atoms with Crippen LogP contribution in [0.2, 0.25) is 5.02 Å². The van der Waals surface area contributed by atoms with Crippen LogP contribution in [0.25, 0.3) is 0 Å². The van der Waals surface area contributed by atoms with E-state index in [9.17, 15) is 4.79 Å². The van der Waals surface area contributed by atoms with Gasteiger partial charge in [-0.15, -0.1) is 12.6 Å². The van der Waals surface area contributed by atoms with Gasteiger partial charge in [-0.1, -0.05) is 17.7 Å². The van der Waals surface area contributed by atoms with E-state index in [1.54, 1.807) is 36.4 Å². The lowest BCUT2D eigenvalue weighted by Crippen LogP contribution is -2.06. The molecule has 2 aromatic carbocycles. The first-order valence-corrected chi connectivity index (χ1v) is 6.65. The van der Waals surface area contributed by atoms with Crippen molar-refractivity contribution in [2.24, 2.45) is 0 Å². The lowest BCUT2D eigenvalue weighted by molar-refractivity contribution is 0.103. The molecule has 0 fully saturated rings. The summed E-state index contributed by atoms with van der Waals surface area (Å²) < 4.78 is 10.5. The molecule has 0 bridgehead atoms. The van der Waals surface area contributed by atoms with Crippen LogP contribution in [0.15, 0.2) is 41.3 Å². The summed E-state index contributed by atoms with van der Waals surface area (Å²) in [5.74, 6) is 0.682. The molecule has 0 radical (unpaired) electrons. The monoisotopic (exact) mass is 308 g/mol. The Morgan fingerprint density at radius 2 is 1.85 bits per heavy atom. The minimum Gasteiger partial charge on any atom is -0.493 e. The van der Waals surface area contributed by atoms with Crippen molar-refractivity contribution in [1.29, 1.82) is 0 Å². The maximum absolute atomic E-state index is 12.6. The van der Waals surface area contributed by atoms with Crippen LogP contribution in [0.3, 0.4) is 0 Å². The number of para-hydroxylation sites is 1. The van der Waals surface area contributed by atoms with Crippen LogP contribution in [0, 0.1) is 0 Å². The largest absolute Gasteiger partial charge is 0.493 e. The number of rotatable bonds is 4. The quantitative estimate of drug-likeness (QED) is 0.688. The summed E-state index contributed by atoms with van der Waals surface area (Å²) in [6, 6.07) is 10.1. The molecule has 5 heteroatoms. The Morgan fingerprint density at radius 3 is 2.50 bits per heavy atom. The molecule has 0 unspecified atom stereocenters. The van der Waals surface area contributed by atoms with Crippen molar-refractivity contribution in [3.05, 3.63) is 52.5 Å². The normalized spacial score (nSPS) is 10.2. The van der Waals surface area contributed by atoms with E-state index in [1.165, 1.54) is 14.2 Å². The molecule has 0 aromatic heterocycles. The van der Waals surface area contributed by atoms with E-state index in [0.29, 0.717) is 32.5 Å². The number of ether oxygens (including phenoxy) is 2. The van der Waals surface area contributed by atoms with Gasteiger partial charge in [-0.3, -0.25) is 4.79 Å². The SMILES string of the molecule is COc1cccc(C(=O)c2cc(Cl)ccc2S)c1OC. The Bertz CT molecular complexity index is 656. The first-order valence-electron chi connectivity index (χ1n) is 5.82. The van der Waals surface area contributed by atoms with Gasteiger partial charge in [0.05, 0.1) is 19.8 Å². The molecule has 0 heterocycles. The fraction of sp³-hybridized carbons (Fsp3) is 0.133. The molecule has 104 valence electrons. The van der Waals surface area contributed by atoms with Gasteiger partial charge in [-0.2, -0.15) is 0 Å². The summed E-state index contributed by atoms with van der Waals surface area (Å²) in [4.78, 5) is 13.2. The van der Waals surface area contributed by atoms with E-state index in [4.69, 9.17) is 21.1 Å². The summed E-state index contributed by atoms with van der Waals surface area (Å²) in [6.45, 7) is 0. The van der Waals surface area contributed by atoms with Gasteiger partial charge < -0.3 is 9.47 Å². The van der Waals surface area contributed by atoms with Crippen LogP contribution in [0.5, 0.6) is 11.5 Å². The predicted molar refractivity (Wildman–Crippen MR) is 81.7 cm³/mol. The molecule has 0 atom stereocenters. The van der Waals surface area contributed by atoms with E-state index in [1.807, 2.05) is 0 Å². The molecular formula is C15H13ClO3S. The van der Waals surface area contributed by atoms with Crippen molar-refractivity contribution in [1.82, 2.24) is 0 Å². The first kappa shape index (κ1) is 14.8. The predicted octanol–water partition coefficient (Wildman–Crippen LogP) is 3.88. The Hall–Kier alpha value is -1.65. The molecular weight excluding hydrogens is 296 g/mol. The molecule has 20 heavy (non-hydrogen) atoms. The maximum Gasteiger partial charge on any atom is 0.198 e. The van der Waals surface area contributed by atoms with Crippen LogP contribution in [0.4, 0.5) is 0 Å². The molecule has 3 nitrogen and oxygen atoms in total. The molecule has 0 aliphatic heterocycles. The second kappa shape index (κ2) is 6.20. The fourth-order valence-corrected chi connectivity index (χ4v) is 2.31. The summed E-state index contributed by atoms with van der Waals surface area (Å²) in [5.41, 5.74) is 0.830. The van der Waals surface area contributed by atoms with Crippen molar-refractivity contribution < 1.29 is 14.3 Å². The highest BCUT2D eigenvalue weighted by Gasteiger charge is 2.19. The fourth-order valence-electron chi connectivity index (χ4n) is 1.90. The van der Waals surface area contributed by atoms with Crippen molar-refractivity contribution in [2.75, 3.05) is 14.2 Å². The minimum atomic E-state index is -0.215. The standard InChI is InChI=1S/C15H13ClO3S/c1-18-12-5-3-4-10(15(12)19-2)14(17)11-8-9(16)6-7-13(11)20/h3-8,20H,1-2H3. The Balaban J connectivity index is 2.56. The number of carbonyl (C=O) groups is 1. The highest BCUT2D eigenvalue weighted by atomic mass is 35.5. The Labute approximate surface area is 127 Å². The number of hydrogen-bond donors (Lipinski definition) is 1. The summed E-state index contributed by atoms with van der Waals surface area (Å²) in [6.07, 6.45) is 0. The summed E-state index contributed by atoms with van der Waals surface area (Å²) in [5, 5.41) is 0.480. The third-order valence-electron chi connectivity index (χ3n) is 2.85. The Morgan fingerprint density at radius 1 is 1.10 bits per heavy atom. The van der Waals surface area contributed by atoms with Crippen molar-refractivity contribution in [3.8, 4) is 11.5 Å². The molecule has 0 aliphatic rings. The number of thiol groups is 1. The van der Waals surface area contributed by atoms with Gasteiger partial charge in [-0.25, -0.2) is 0 Å². The zero-order valence-corrected chi connectivity index (χ0v) is 12.7. The van der Waals surface area contributed by atoms with Crippen molar-refractivity contribution in [3.63, 3.8) is 0 Å². The smallest absolute Gasteiger partial charge is 0.198 e. The molecule has 0 amide bonds.